The molecule has 1 heteroatoms. The molecule has 0 saturated heterocycles. The SMILES string of the molecule is CCOC(c1ccccc1)[C@H]1CC[C@]2(C)c3ccccc3CC[C@H]2C1(C)C. The van der Waals surface area contributed by atoms with Crippen molar-refractivity contribution < 1.29 is 4.74 Å². The molecular weight excluding hydrogens is 328 g/mol. The molecule has 4 atom stereocenters. The second-order valence-corrected chi connectivity index (χ2v) is 9.42. The molecule has 2 aliphatic rings. The minimum absolute atomic E-state index is 0.202. The summed E-state index contributed by atoms with van der Waals surface area (Å²) in [6.45, 7) is 10.5. The summed E-state index contributed by atoms with van der Waals surface area (Å²) in [6, 6.07) is 20.1. The van der Waals surface area contributed by atoms with E-state index in [1.807, 2.05) is 0 Å². The van der Waals surface area contributed by atoms with Gasteiger partial charge in [0.15, 0.2) is 0 Å². The average molecular weight is 363 g/mol. The van der Waals surface area contributed by atoms with Gasteiger partial charge in [-0.25, -0.2) is 0 Å². The van der Waals surface area contributed by atoms with Crippen molar-refractivity contribution in [2.75, 3.05) is 6.61 Å². The van der Waals surface area contributed by atoms with Gasteiger partial charge in [-0.3, -0.25) is 0 Å². The lowest BCUT2D eigenvalue weighted by molar-refractivity contribution is -0.0963. The molecule has 0 aromatic heterocycles. The number of benzene rings is 2. The second-order valence-electron chi connectivity index (χ2n) is 9.42. The fourth-order valence-corrected chi connectivity index (χ4v) is 6.50. The minimum Gasteiger partial charge on any atom is -0.374 e. The van der Waals surface area contributed by atoms with Crippen LogP contribution in [0.4, 0.5) is 0 Å². The van der Waals surface area contributed by atoms with Crippen LogP contribution in [-0.2, 0) is 16.6 Å². The Morgan fingerprint density at radius 2 is 1.67 bits per heavy atom. The standard InChI is InChI=1S/C26H34O/c1-5-27-24(20-12-7-6-8-13-20)22-17-18-26(4)21-14-10-9-11-19(21)15-16-23(26)25(22,2)3/h6-14,22-24H,5,15-18H2,1-4H3/t22-,23+,24?,26-/m1/s1. The zero-order valence-electron chi connectivity index (χ0n) is 17.4. The summed E-state index contributed by atoms with van der Waals surface area (Å²) in [7, 11) is 0. The third kappa shape index (κ3) is 3.05. The molecule has 27 heavy (non-hydrogen) atoms. The number of hydrogen-bond acceptors (Lipinski definition) is 1. The van der Waals surface area contributed by atoms with Crippen LogP contribution in [0.1, 0.15) is 69.8 Å². The molecule has 0 aliphatic heterocycles. The van der Waals surface area contributed by atoms with Gasteiger partial charge in [-0.05, 0) is 72.0 Å². The summed E-state index contributed by atoms with van der Waals surface area (Å²) in [5.41, 5.74) is 5.07. The van der Waals surface area contributed by atoms with E-state index in [-0.39, 0.29) is 11.5 Å². The first-order chi connectivity index (χ1) is 13.0. The Bertz CT molecular complexity index is 778. The molecule has 2 aromatic rings. The topological polar surface area (TPSA) is 9.23 Å². The van der Waals surface area contributed by atoms with Crippen LogP contribution in [0.25, 0.3) is 0 Å². The lowest BCUT2D eigenvalue weighted by atomic mass is 9.46. The lowest BCUT2D eigenvalue weighted by Crippen LogP contribution is -2.53. The van der Waals surface area contributed by atoms with Gasteiger partial charge in [0.25, 0.3) is 0 Å². The molecule has 1 fully saturated rings. The van der Waals surface area contributed by atoms with Crippen LogP contribution in [0.2, 0.25) is 0 Å². The zero-order valence-corrected chi connectivity index (χ0v) is 17.4. The molecule has 0 N–H and O–H groups in total. The van der Waals surface area contributed by atoms with Crippen LogP contribution in [-0.4, -0.2) is 6.61 Å². The van der Waals surface area contributed by atoms with Gasteiger partial charge in [0, 0.05) is 6.61 Å². The Kier molecular flexibility index (Phi) is 4.93. The van der Waals surface area contributed by atoms with E-state index >= 15 is 0 Å². The molecule has 0 amide bonds. The quantitative estimate of drug-likeness (QED) is 0.586. The van der Waals surface area contributed by atoms with E-state index in [4.69, 9.17) is 4.74 Å². The summed E-state index contributed by atoms with van der Waals surface area (Å²) in [5.74, 6) is 1.26. The minimum atomic E-state index is 0.202. The largest absolute Gasteiger partial charge is 0.374 e. The lowest BCUT2D eigenvalue weighted by Gasteiger charge is -2.59. The third-order valence-electron chi connectivity index (χ3n) is 7.77. The average Bonchev–Trinajstić information content (AvgIpc) is 2.67. The zero-order chi connectivity index (χ0) is 19.1. The predicted molar refractivity (Wildman–Crippen MR) is 113 cm³/mol. The van der Waals surface area contributed by atoms with Crippen molar-refractivity contribution in [2.45, 2.75) is 64.9 Å². The molecule has 0 bridgehead atoms. The monoisotopic (exact) mass is 362 g/mol. The Morgan fingerprint density at radius 1 is 0.963 bits per heavy atom. The molecule has 0 radical (unpaired) electrons. The Hall–Kier alpha value is -1.60. The molecule has 2 aliphatic carbocycles. The number of ether oxygens (including phenoxy) is 1. The number of rotatable bonds is 4. The number of hydrogen-bond donors (Lipinski definition) is 0. The van der Waals surface area contributed by atoms with E-state index in [9.17, 15) is 0 Å². The predicted octanol–water partition coefficient (Wildman–Crippen LogP) is 6.72. The van der Waals surface area contributed by atoms with Crippen molar-refractivity contribution in [1.82, 2.24) is 0 Å². The fourth-order valence-electron chi connectivity index (χ4n) is 6.50. The first kappa shape index (κ1) is 18.7. The van der Waals surface area contributed by atoms with Crippen molar-refractivity contribution >= 4 is 0 Å². The number of fused-ring (bicyclic) bond motifs is 3. The summed E-state index contributed by atoms with van der Waals surface area (Å²) >= 11 is 0. The van der Waals surface area contributed by atoms with Crippen molar-refractivity contribution in [1.29, 1.82) is 0 Å². The van der Waals surface area contributed by atoms with E-state index < -0.39 is 0 Å². The van der Waals surface area contributed by atoms with Crippen molar-refractivity contribution in [2.24, 2.45) is 17.3 Å². The molecule has 0 heterocycles. The van der Waals surface area contributed by atoms with E-state index in [0.29, 0.717) is 17.3 Å². The van der Waals surface area contributed by atoms with E-state index in [1.165, 1.54) is 31.2 Å². The second kappa shape index (κ2) is 7.09. The summed E-state index contributed by atoms with van der Waals surface area (Å²) < 4.78 is 6.39. The molecule has 1 nitrogen and oxygen atoms in total. The summed E-state index contributed by atoms with van der Waals surface area (Å²) in [6.07, 6.45) is 5.21. The highest BCUT2D eigenvalue weighted by molar-refractivity contribution is 5.39. The maximum Gasteiger partial charge on any atom is 0.0858 e. The first-order valence-electron chi connectivity index (χ1n) is 10.7. The van der Waals surface area contributed by atoms with Gasteiger partial charge in [-0.1, -0.05) is 75.4 Å². The summed E-state index contributed by atoms with van der Waals surface area (Å²) in [4.78, 5) is 0. The fraction of sp³-hybridized carbons (Fsp3) is 0.538. The molecular formula is C26H34O. The smallest absolute Gasteiger partial charge is 0.0858 e. The van der Waals surface area contributed by atoms with Gasteiger partial charge in [-0.15, -0.1) is 0 Å². The van der Waals surface area contributed by atoms with Gasteiger partial charge < -0.3 is 4.74 Å². The van der Waals surface area contributed by atoms with Gasteiger partial charge in [0.1, 0.15) is 0 Å². The van der Waals surface area contributed by atoms with Crippen LogP contribution >= 0.6 is 0 Å². The molecule has 144 valence electrons. The molecule has 1 saturated carbocycles. The van der Waals surface area contributed by atoms with E-state index in [1.54, 1.807) is 11.1 Å². The van der Waals surface area contributed by atoms with Gasteiger partial charge in [-0.2, -0.15) is 0 Å². The van der Waals surface area contributed by atoms with Crippen LogP contribution in [0.5, 0.6) is 0 Å². The Balaban J connectivity index is 1.71. The van der Waals surface area contributed by atoms with Crippen LogP contribution < -0.4 is 0 Å². The number of aryl methyl sites for hydroxylation is 1. The maximum atomic E-state index is 6.39. The molecule has 0 spiro atoms. The van der Waals surface area contributed by atoms with Crippen molar-refractivity contribution in [3.8, 4) is 0 Å². The highest BCUT2D eigenvalue weighted by atomic mass is 16.5. The maximum absolute atomic E-state index is 6.39. The van der Waals surface area contributed by atoms with E-state index in [2.05, 4.69) is 82.3 Å². The normalized spacial score (nSPS) is 30.2. The van der Waals surface area contributed by atoms with E-state index in [0.717, 1.165) is 6.61 Å². The highest BCUT2D eigenvalue weighted by Gasteiger charge is 2.55. The van der Waals surface area contributed by atoms with Gasteiger partial charge >= 0.3 is 0 Å². The Labute approximate surface area is 165 Å². The third-order valence-corrected chi connectivity index (χ3v) is 7.77. The first-order valence-corrected chi connectivity index (χ1v) is 10.7. The Morgan fingerprint density at radius 3 is 2.41 bits per heavy atom. The summed E-state index contributed by atoms with van der Waals surface area (Å²) in [5, 5.41) is 0. The van der Waals surface area contributed by atoms with Crippen LogP contribution in [0.15, 0.2) is 54.6 Å². The van der Waals surface area contributed by atoms with Gasteiger partial charge in [0.05, 0.1) is 6.10 Å². The van der Waals surface area contributed by atoms with Crippen LogP contribution in [0.3, 0.4) is 0 Å². The molecule has 2 aromatic carbocycles. The van der Waals surface area contributed by atoms with Crippen LogP contribution in [0, 0.1) is 17.3 Å². The van der Waals surface area contributed by atoms with Crippen molar-refractivity contribution in [3.05, 3.63) is 71.3 Å². The molecule has 4 rings (SSSR count). The van der Waals surface area contributed by atoms with Gasteiger partial charge in [0.2, 0.25) is 0 Å². The molecule has 1 unspecified atom stereocenters. The highest BCUT2D eigenvalue weighted by Crippen LogP contribution is 2.61. The van der Waals surface area contributed by atoms with Crippen molar-refractivity contribution in [3.63, 3.8) is 0 Å².